The summed E-state index contributed by atoms with van der Waals surface area (Å²) in [5.41, 5.74) is 2.52. The van der Waals surface area contributed by atoms with Gasteiger partial charge < -0.3 is 10.2 Å². The molecule has 3 aromatic carbocycles. The van der Waals surface area contributed by atoms with Gasteiger partial charge in [-0.05, 0) is 41.8 Å². The van der Waals surface area contributed by atoms with Crippen LogP contribution >= 0.6 is 58.2 Å². The number of thioether (sulfide) groups is 1. The molecule has 3 aromatic rings. The number of nitrogens with zero attached hydrogens (tertiary/aromatic N) is 1. The molecule has 1 unspecified atom stereocenters. The molecule has 9 heteroatoms. The second-order valence-electron chi connectivity index (χ2n) is 8.81. The van der Waals surface area contributed by atoms with Crippen LogP contribution in [-0.2, 0) is 28.3 Å². The van der Waals surface area contributed by atoms with Crippen LogP contribution in [0.15, 0.2) is 66.7 Å². The van der Waals surface area contributed by atoms with Crippen LogP contribution in [0.1, 0.15) is 36.5 Å². The number of unbranched alkanes of at least 4 members (excludes halogenated alkanes) is 1. The first kappa shape index (κ1) is 30.6. The van der Waals surface area contributed by atoms with Gasteiger partial charge in [-0.2, -0.15) is 0 Å². The second kappa shape index (κ2) is 15.6. The number of halogens is 4. The van der Waals surface area contributed by atoms with Crippen LogP contribution in [0.4, 0.5) is 0 Å². The maximum absolute atomic E-state index is 13.7. The van der Waals surface area contributed by atoms with E-state index in [0.29, 0.717) is 44.4 Å². The highest BCUT2D eigenvalue weighted by atomic mass is 35.5. The minimum Gasteiger partial charge on any atom is -0.354 e. The fraction of sp³-hybridized carbons (Fsp3) is 0.310. The molecule has 3 rings (SSSR count). The molecule has 38 heavy (non-hydrogen) atoms. The van der Waals surface area contributed by atoms with Gasteiger partial charge in [0.1, 0.15) is 6.04 Å². The predicted octanol–water partition coefficient (Wildman–Crippen LogP) is 8.09. The molecular weight excluding hydrogens is 582 g/mol. The summed E-state index contributed by atoms with van der Waals surface area (Å²) in [5.74, 6) is 0.344. The Morgan fingerprint density at radius 2 is 1.58 bits per heavy atom. The van der Waals surface area contributed by atoms with Crippen LogP contribution in [0.25, 0.3) is 0 Å². The van der Waals surface area contributed by atoms with E-state index < -0.39 is 6.04 Å². The first-order chi connectivity index (χ1) is 18.3. The lowest BCUT2D eigenvalue weighted by Crippen LogP contribution is -2.51. The molecule has 0 fully saturated rings. The molecule has 1 N–H and O–H groups in total. The highest BCUT2D eigenvalue weighted by molar-refractivity contribution is 7.99. The summed E-state index contributed by atoms with van der Waals surface area (Å²) in [6, 6.07) is 19.6. The molecule has 0 saturated carbocycles. The molecule has 1 atom stereocenters. The van der Waals surface area contributed by atoms with Crippen LogP contribution in [0.3, 0.4) is 0 Å². The summed E-state index contributed by atoms with van der Waals surface area (Å²) < 4.78 is 0. The summed E-state index contributed by atoms with van der Waals surface area (Å²) in [5, 5.41) is 4.86. The van der Waals surface area contributed by atoms with E-state index in [1.54, 1.807) is 35.2 Å². The summed E-state index contributed by atoms with van der Waals surface area (Å²) >= 11 is 26.6. The molecule has 0 aromatic heterocycles. The Labute approximate surface area is 249 Å². The van der Waals surface area contributed by atoms with Gasteiger partial charge in [0.25, 0.3) is 0 Å². The van der Waals surface area contributed by atoms with E-state index >= 15 is 0 Å². The lowest BCUT2D eigenvalue weighted by atomic mass is 10.0. The van der Waals surface area contributed by atoms with Gasteiger partial charge >= 0.3 is 0 Å². The fourth-order valence-electron chi connectivity index (χ4n) is 3.88. The smallest absolute Gasteiger partial charge is 0.243 e. The van der Waals surface area contributed by atoms with Crippen molar-refractivity contribution in [2.75, 3.05) is 12.3 Å². The van der Waals surface area contributed by atoms with Gasteiger partial charge in [-0.3, -0.25) is 9.59 Å². The number of carbonyl (C=O) groups is 2. The molecule has 0 heterocycles. The maximum atomic E-state index is 13.7. The Morgan fingerprint density at radius 1 is 0.868 bits per heavy atom. The summed E-state index contributed by atoms with van der Waals surface area (Å²) in [4.78, 5) is 28.8. The minimum atomic E-state index is -0.736. The third kappa shape index (κ3) is 9.10. The molecule has 0 radical (unpaired) electrons. The average Bonchev–Trinajstić information content (AvgIpc) is 2.90. The van der Waals surface area contributed by atoms with Crippen LogP contribution in [0.5, 0.6) is 0 Å². The first-order valence-corrected chi connectivity index (χ1v) is 15.0. The molecular formula is C29H30Cl4N2O2S. The van der Waals surface area contributed by atoms with Gasteiger partial charge in [0.05, 0.1) is 15.8 Å². The van der Waals surface area contributed by atoms with E-state index in [-0.39, 0.29) is 24.1 Å². The quantitative estimate of drug-likeness (QED) is 0.199. The molecule has 0 saturated heterocycles. The zero-order chi connectivity index (χ0) is 27.5. The first-order valence-electron chi connectivity index (χ1n) is 12.4. The summed E-state index contributed by atoms with van der Waals surface area (Å²) in [6.07, 6.45) is 2.17. The van der Waals surface area contributed by atoms with E-state index in [0.717, 1.165) is 24.0 Å². The predicted molar refractivity (Wildman–Crippen MR) is 161 cm³/mol. The third-order valence-electron chi connectivity index (χ3n) is 5.97. The van der Waals surface area contributed by atoms with Crippen molar-refractivity contribution in [1.82, 2.24) is 10.2 Å². The molecule has 0 aliphatic heterocycles. The van der Waals surface area contributed by atoms with Crippen molar-refractivity contribution in [2.45, 2.75) is 44.5 Å². The monoisotopic (exact) mass is 610 g/mol. The molecule has 4 nitrogen and oxygen atoms in total. The van der Waals surface area contributed by atoms with E-state index in [9.17, 15) is 9.59 Å². The number of rotatable bonds is 13. The van der Waals surface area contributed by atoms with Gasteiger partial charge in [-0.25, -0.2) is 0 Å². The number of nitrogens with one attached hydrogen (secondary N) is 1. The number of hydrogen-bond acceptors (Lipinski definition) is 3. The lowest BCUT2D eigenvalue weighted by Gasteiger charge is -2.32. The van der Waals surface area contributed by atoms with E-state index in [4.69, 9.17) is 46.4 Å². The highest BCUT2D eigenvalue weighted by Crippen LogP contribution is 2.28. The maximum Gasteiger partial charge on any atom is 0.243 e. The summed E-state index contributed by atoms with van der Waals surface area (Å²) in [6.45, 7) is 2.72. The third-order valence-corrected chi connectivity index (χ3v) is 8.40. The largest absolute Gasteiger partial charge is 0.354 e. The van der Waals surface area contributed by atoms with Gasteiger partial charge in [-0.15, -0.1) is 11.8 Å². The van der Waals surface area contributed by atoms with Crippen molar-refractivity contribution >= 4 is 70.0 Å². The van der Waals surface area contributed by atoms with Crippen LogP contribution < -0.4 is 5.32 Å². The van der Waals surface area contributed by atoms with Crippen molar-refractivity contribution in [3.05, 3.63) is 104 Å². The van der Waals surface area contributed by atoms with Gasteiger partial charge in [-0.1, -0.05) is 102 Å². The molecule has 0 spiro atoms. The average molecular weight is 612 g/mol. The molecule has 2 amide bonds. The molecule has 202 valence electrons. The number of benzene rings is 3. The zero-order valence-corrected chi connectivity index (χ0v) is 24.9. The standard InChI is InChI=1S/C29H30Cl4N2O2S/c1-2-3-14-34-29(37)27(16-20-8-5-4-6-9-20)35(17-22-23(30)10-7-11-24(22)31)28(36)19-38-18-21-12-13-25(32)26(33)15-21/h4-13,15,27H,2-3,14,16-19H2,1H3,(H,34,37). The van der Waals surface area contributed by atoms with Gasteiger partial charge in [0.15, 0.2) is 0 Å². The van der Waals surface area contributed by atoms with Crippen LogP contribution in [0, 0.1) is 0 Å². The Morgan fingerprint density at radius 3 is 2.24 bits per heavy atom. The Bertz CT molecular complexity index is 1210. The summed E-state index contributed by atoms with van der Waals surface area (Å²) in [7, 11) is 0. The SMILES string of the molecule is CCCCNC(=O)C(Cc1ccccc1)N(Cc1c(Cl)cccc1Cl)C(=O)CSCc1ccc(Cl)c(Cl)c1. The Kier molecular flexibility index (Phi) is 12.6. The number of carbonyl (C=O) groups excluding carboxylic acids is 2. The molecule has 0 aliphatic carbocycles. The Hall–Kier alpha value is -1.89. The van der Waals surface area contributed by atoms with E-state index in [2.05, 4.69) is 12.2 Å². The van der Waals surface area contributed by atoms with E-state index in [1.807, 2.05) is 36.4 Å². The van der Waals surface area contributed by atoms with Crippen LogP contribution in [-0.4, -0.2) is 35.1 Å². The highest BCUT2D eigenvalue weighted by Gasteiger charge is 2.31. The zero-order valence-electron chi connectivity index (χ0n) is 21.1. The van der Waals surface area contributed by atoms with Gasteiger partial charge in [0.2, 0.25) is 11.8 Å². The van der Waals surface area contributed by atoms with Crippen molar-refractivity contribution < 1.29 is 9.59 Å². The van der Waals surface area contributed by atoms with Crippen molar-refractivity contribution in [3.63, 3.8) is 0 Å². The van der Waals surface area contributed by atoms with Crippen molar-refractivity contribution in [2.24, 2.45) is 0 Å². The number of hydrogen-bond donors (Lipinski definition) is 1. The second-order valence-corrected chi connectivity index (χ2v) is 11.4. The van der Waals surface area contributed by atoms with Crippen LogP contribution in [0.2, 0.25) is 20.1 Å². The normalized spacial score (nSPS) is 11.7. The Balaban J connectivity index is 1.87. The van der Waals surface area contributed by atoms with E-state index in [1.165, 1.54) is 11.8 Å². The lowest BCUT2D eigenvalue weighted by molar-refractivity contribution is -0.139. The molecule has 0 bridgehead atoms. The fourth-order valence-corrected chi connectivity index (χ4v) is 5.58. The van der Waals surface area contributed by atoms with Gasteiger partial charge in [0, 0.05) is 40.9 Å². The number of amides is 2. The van der Waals surface area contributed by atoms with Crippen molar-refractivity contribution in [1.29, 1.82) is 0 Å². The molecule has 0 aliphatic rings. The topological polar surface area (TPSA) is 49.4 Å². The minimum absolute atomic E-state index is 0.114. The van der Waals surface area contributed by atoms with Crippen molar-refractivity contribution in [3.8, 4) is 0 Å².